The van der Waals surface area contributed by atoms with Crippen LogP contribution in [-0.4, -0.2) is 48.1 Å². The van der Waals surface area contributed by atoms with Crippen molar-refractivity contribution in [3.05, 3.63) is 47.8 Å². The molecule has 0 aliphatic carbocycles. The van der Waals surface area contributed by atoms with Crippen molar-refractivity contribution in [1.82, 2.24) is 15.3 Å². The molecule has 1 N–H and O–H groups in total. The standard InChI is InChI=1S/C18H21N5O/c1-12-3-5-14(6-4-12)22-10-16-7-15(22)11-23(16)18-20-8-13(9-21-18)17(24)19-2/h3-6,8-9,15-16H,7,10-11H2,1-2H3,(H,19,24)/t15-,16-/m0/s1. The summed E-state index contributed by atoms with van der Waals surface area (Å²) in [6, 6.07) is 9.67. The minimum Gasteiger partial charge on any atom is -0.365 e. The van der Waals surface area contributed by atoms with Gasteiger partial charge in [-0.3, -0.25) is 4.79 Å². The maximum atomic E-state index is 11.6. The maximum Gasteiger partial charge on any atom is 0.254 e. The highest BCUT2D eigenvalue weighted by molar-refractivity contribution is 5.93. The van der Waals surface area contributed by atoms with E-state index in [9.17, 15) is 4.79 Å². The second-order valence-corrected chi connectivity index (χ2v) is 6.53. The largest absolute Gasteiger partial charge is 0.365 e. The highest BCUT2D eigenvalue weighted by Gasteiger charge is 2.44. The summed E-state index contributed by atoms with van der Waals surface area (Å²) in [6.45, 7) is 4.04. The highest BCUT2D eigenvalue weighted by Crippen LogP contribution is 2.36. The third kappa shape index (κ3) is 2.48. The monoisotopic (exact) mass is 323 g/mol. The summed E-state index contributed by atoms with van der Waals surface area (Å²) < 4.78 is 0. The van der Waals surface area contributed by atoms with Crippen LogP contribution in [0.3, 0.4) is 0 Å². The van der Waals surface area contributed by atoms with Crippen LogP contribution >= 0.6 is 0 Å². The number of carbonyl (C=O) groups is 1. The number of hydrogen-bond donors (Lipinski definition) is 1. The Morgan fingerprint density at radius 1 is 1.08 bits per heavy atom. The molecule has 0 spiro atoms. The number of anilines is 2. The fourth-order valence-corrected chi connectivity index (χ4v) is 3.70. The molecule has 3 heterocycles. The molecule has 2 aliphatic heterocycles. The minimum absolute atomic E-state index is 0.157. The molecule has 24 heavy (non-hydrogen) atoms. The molecule has 124 valence electrons. The summed E-state index contributed by atoms with van der Waals surface area (Å²) in [5.41, 5.74) is 3.07. The lowest BCUT2D eigenvalue weighted by Gasteiger charge is -2.35. The van der Waals surface area contributed by atoms with Crippen LogP contribution in [0.1, 0.15) is 22.3 Å². The molecule has 2 aromatic rings. The first-order valence-corrected chi connectivity index (χ1v) is 8.30. The quantitative estimate of drug-likeness (QED) is 0.930. The van der Waals surface area contributed by atoms with Crippen molar-refractivity contribution in [3.63, 3.8) is 0 Å². The van der Waals surface area contributed by atoms with Crippen molar-refractivity contribution in [2.24, 2.45) is 0 Å². The fraction of sp³-hybridized carbons (Fsp3) is 0.389. The Morgan fingerprint density at radius 2 is 1.71 bits per heavy atom. The Labute approximate surface area is 141 Å². The van der Waals surface area contributed by atoms with Gasteiger partial charge in [-0.15, -0.1) is 0 Å². The van der Waals surface area contributed by atoms with Crippen LogP contribution in [0.25, 0.3) is 0 Å². The highest BCUT2D eigenvalue weighted by atomic mass is 16.1. The van der Waals surface area contributed by atoms with E-state index in [-0.39, 0.29) is 5.91 Å². The lowest BCUT2D eigenvalue weighted by Crippen LogP contribution is -2.47. The topological polar surface area (TPSA) is 61.4 Å². The van der Waals surface area contributed by atoms with E-state index in [0.29, 0.717) is 17.6 Å². The van der Waals surface area contributed by atoms with Crippen LogP contribution in [0, 0.1) is 6.92 Å². The molecule has 2 fully saturated rings. The van der Waals surface area contributed by atoms with Gasteiger partial charge in [0.05, 0.1) is 11.6 Å². The van der Waals surface area contributed by atoms with Crippen LogP contribution in [0.5, 0.6) is 0 Å². The van der Waals surface area contributed by atoms with E-state index in [1.54, 1.807) is 19.4 Å². The molecule has 2 bridgehead atoms. The molecule has 0 saturated carbocycles. The van der Waals surface area contributed by atoms with E-state index in [1.165, 1.54) is 11.3 Å². The zero-order valence-corrected chi connectivity index (χ0v) is 13.9. The second-order valence-electron chi connectivity index (χ2n) is 6.53. The summed E-state index contributed by atoms with van der Waals surface area (Å²) in [7, 11) is 1.61. The predicted molar refractivity (Wildman–Crippen MR) is 93.5 cm³/mol. The summed E-state index contributed by atoms with van der Waals surface area (Å²) in [5, 5.41) is 2.59. The Hall–Kier alpha value is -2.63. The number of carbonyl (C=O) groups excluding carboxylic acids is 1. The Kier molecular flexibility index (Phi) is 3.59. The van der Waals surface area contributed by atoms with Crippen molar-refractivity contribution >= 4 is 17.5 Å². The molecule has 2 atom stereocenters. The molecule has 1 aromatic heterocycles. The lowest BCUT2D eigenvalue weighted by molar-refractivity contribution is 0.0962. The smallest absolute Gasteiger partial charge is 0.254 e. The van der Waals surface area contributed by atoms with Crippen LogP contribution in [0.2, 0.25) is 0 Å². The average molecular weight is 323 g/mol. The van der Waals surface area contributed by atoms with Gasteiger partial charge >= 0.3 is 0 Å². The summed E-state index contributed by atoms with van der Waals surface area (Å²) in [4.78, 5) is 25.1. The number of nitrogens with zero attached hydrogens (tertiary/aromatic N) is 4. The SMILES string of the molecule is CNC(=O)c1cnc(N2C[C@@H]3C[C@H]2CN3c2ccc(C)cc2)nc1. The molecule has 6 nitrogen and oxygen atoms in total. The Morgan fingerprint density at radius 3 is 2.29 bits per heavy atom. The van der Waals surface area contributed by atoms with Crippen LogP contribution in [-0.2, 0) is 0 Å². The second kappa shape index (κ2) is 5.78. The molecule has 1 amide bonds. The van der Waals surface area contributed by atoms with E-state index in [0.717, 1.165) is 25.5 Å². The number of nitrogens with one attached hydrogen (secondary N) is 1. The number of hydrogen-bond acceptors (Lipinski definition) is 5. The molecule has 2 saturated heterocycles. The number of aromatic nitrogens is 2. The van der Waals surface area contributed by atoms with Gasteiger partial charge in [-0.25, -0.2) is 9.97 Å². The molecule has 0 unspecified atom stereocenters. The lowest BCUT2D eigenvalue weighted by atomic mass is 10.2. The van der Waals surface area contributed by atoms with Crippen LogP contribution < -0.4 is 15.1 Å². The van der Waals surface area contributed by atoms with Gasteiger partial charge in [0, 0.05) is 44.3 Å². The predicted octanol–water partition coefficient (Wildman–Crippen LogP) is 1.61. The van der Waals surface area contributed by atoms with Crippen LogP contribution in [0.15, 0.2) is 36.7 Å². The number of rotatable bonds is 3. The van der Waals surface area contributed by atoms with Crippen molar-refractivity contribution in [3.8, 4) is 0 Å². The van der Waals surface area contributed by atoms with Crippen molar-refractivity contribution < 1.29 is 4.79 Å². The van der Waals surface area contributed by atoms with E-state index >= 15 is 0 Å². The van der Waals surface area contributed by atoms with Crippen molar-refractivity contribution in [2.75, 3.05) is 29.9 Å². The summed E-state index contributed by atoms with van der Waals surface area (Å²) in [6.07, 6.45) is 4.34. The van der Waals surface area contributed by atoms with Gasteiger partial charge in [-0.2, -0.15) is 0 Å². The Balaban J connectivity index is 1.48. The van der Waals surface area contributed by atoms with Gasteiger partial charge in [0.25, 0.3) is 5.91 Å². The first kappa shape index (κ1) is 14.9. The molecule has 1 aromatic carbocycles. The van der Waals surface area contributed by atoms with Gasteiger partial charge in [0.15, 0.2) is 0 Å². The maximum absolute atomic E-state index is 11.6. The number of fused-ring (bicyclic) bond motifs is 2. The van der Waals surface area contributed by atoms with Gasteiger partial charge in [0.1, 0.15) is 0 Å². The van der Waals surface area contributed by atoms with Crippen molar-refractivity contribution in [2.45, 2.75) is 25.4 Å². The number of piperazine rings is 1. The minimum atomic E-state index is -0.157. The molecule has 0 radical (unpaired) electrons. The van der Waals surface area contributed by atoms with Crippen LogP contribution in [0.4, 0.5) is 11.6 Å². The molecular weight excluding hydrogens is 302 g/mol. The first-order chi connectivity index (χ1) is 11.7. The average Bonchev–Trinajstić information content (AvgIpc) is 3.22. The molecule has 4 rings (SSSR count). The number of benzene rings is 1. The van der Waals surface area contributed by atoms with Gasteiger partial charge in [0.2, 0.25) is 5.95 Å². The van der Waals surface area contributed by atoms with Crippen molar-refractivity contribution in [1.29, 1.82) is 0 Å². The van der Waals surface area contributed by atoms with E-state index in [4.69, 9.17) is 0 Å². The van der Waals surface area contributed by atoms with Gasteiger partial charge in [-0.1, -0.05) is 17.7 Å². The third-order valence-corrected chi connectivity index (χ3v) is 4.99. The zero-order valence-electron chi connectivity index (χ0n) is 13.9. The van der Waals surface area contributed by atoms with Gasteiger partial charge < -0.3 is 15.1 Å². The summed E-state index contributed by atoms with van der Waals surface area (Å²) in [5.74, 6) is 0.564. The van der Waals surface area contributed by atoms with E-state index in [1.807, 2.05) is 0 Å². The first-order valence-electron chi connectivity index (χ1n) is 8.30. The fourth-order valence-electron chi connectivity index (χ4n) is 3.70. The Bertz CT molecular complexity index is 743. The molecule has 6 heteroatoms. The molecular formula is C18H21N5O. The summed E-state index contributed by atoms with van der Waals surface area (Å²) >= 11 is 0. The van der Waals surface area contributed by atoms with Gasteiger partial charge in [-0.05, 0) is 25.5 Å². The third-order valence-electron chi connectivity index (χ3n) is 4.99. The zero-order chi connectivity index (χ0) is 16.7. The van der Waals surface area contributed by atoms with E-state index < -0.39 is 0 Å². The number of amides is 1. The van der Waals surface area contributed by atoms with E-state index in [2.05, 4.69) is 56.3 Å². The number of aryl methyl sites for hydroxylation is 1. The molecule has 2 aliphatic rings. The normalized spacial score (nSPS) is 22.1.